The van der Waals surface area contributed by atoms with Gasteiger partial charge in [0, 0.05) is 6.54 Å². The molecule has 1 aromatic rings. The summed E-state index contributed by atoms with van der Waals surface area (Å²) in [4.78, 5) is 12.3. The Morgan fingerprint density at radius 2 is 1.88 bits per heavy atom. The van der Waals surface area contributed by atoms with Crippen LogP contribution < -0.4 is 20.5 Å². The lowest BCUT2D eigenvalue weighted by Crippen LogP contribution is -2.51. The quantitative estimate of drug-likeness (QED) is 0.807. The lowest BCUT2D eigenvalue weighted by molar-refractivity contribution is -0.126. The number of hydrogen-bond donors (Lipinski definition) is 2. The Bertz CT molecular complexity index is 582. The van der Waals surface area contributed by atoms with Gasteiger partial charge in [-0.25, -0.2) is 0 Å². The highest BCUT2D eigenvalue weighted by Gasteiger charge is 2.36. The number of methoxy groups -OCH3 is 1. The molecule has 0 spiro atoms. The summed E-state index contributed by atoms with van der Waals surface area (Å²) in [6.45, 7) is 0.461. The first-order valence-electron chi connectivity index (χ1n) is 9.01. The second kappa shape index (κ2) is 8.77. The first-order chi connectivity index (χ1) is 11.6. The number of ether oxygens (including phenoxy) is 2. The molecule has 0 saturated heterocycles. The van der Waals surface area contributed by atoms with Gasteiger partial charge in [0.05, 0.1) is 18.8 Å². The van der Waals surface area contributed by atoms with Gasteiger partial charge >= 0.3 is 0 Å². The van der Waals surface area contributed by atoms with Crippen molar-refractivity contribution in [2.45, 2.75) is 69.6 Å². The lowest BCUT2D eigenvalue weighted by atomic mass is 9.98. The van der Waals surface area contributed by atoms with Crippen LogP contribution in [0.2, 0.25) is 0 Å². The Morgan fingerprint density at radius 1 is 1.20 bits per heavy atom. The van der Waals surface area contributed by atoms with E-state index in [2.05, 4.69) is 5.32 Å². The normalized spacial score (nSPS) is 19.3. The maximum absolute atomic E-state index is 12.3. The Hall–Kier alpha value is -1.46. The molecule has 2 fully saturated rings. The van der Waals surface area contributed by atoms with Gasteiger partial charge in [0.1, 0.15) is 0 Å². The van der Waals surface area contributed by atoms with E-state index < -0.39 is 5.54 Å². The van der Waals surface area contributed by atoms with Crippen molar-refractivity contribution in [2.75, 3.05) is 7.11 Å². The van der Waals surface area contributed by atoms with Gasteiger partial charge in [-0.3, -0.25) is 4.79 Å². The van der Waals surface area contributed by atoms with E-state index in [1.54, 1.807) is 7.11 Å². The summed E-state index contributed by atoms with van der Waals surface area (Å²) in [6.07, 6.45) is 8.53. The van der Waals surface area contributed by atoms with Crippen molar-refractivity contribution < 1.29 is 14.3 Å². The summed E-state index contributed by atoms with van der Waals surface area (Å²) >= 11 is 0. The Balaban J connectivity index is 0.00000225. The summed E-state index contributed by atoms with van der Waals surface area (Å²) in [6, 6.07) is 5.83. The number of carbonyl (C=O) groups excluding carboxylic acids is 1. The number of amides is 1. The molecule has 0 bridgehead atoms. The van der Waals surface area contributed by atoms with Crippen molar-refractivity contribution in [3.63, 3.8) is 0 Å². The molecule has 3 N–H and O–H groups in total. The van der Waals surface area contributed by atoms with Crippen molar-refractivity contribution in [3.8, 4) is 11.5 Å². The molecule has 5 nitrogen and oxygen atoms in total. The average Bonchev–Trinajstić information content (AvgIpc) is 3.25. The third-order valence-corrected chi connectivity index (χ3v) is 5.22. The number of carbonyl (C=O) groups is 1. The van der Waals surface area contributed by atoms with Gasteiger partial charge in [-0.1, -0.05) is 18.9 Å². The smallest absolute Gasteiger partial charge is 0.240 e. The molecular weight excluding hydrogens is 340 g/mol. The lowest BCUT2D eigenvalue weighted by Gasteiger charge is -2.22. The average molecular weight is 369 g/mol. The van der Waals surface area contributed by atoms with E-state index in [-0.39, 0.29) is 24.4 Å². The van der Waals surface area contributed by atoms with Crippen LogP contribution in [0, 0.1) is 0 Å². The maximum atomic E-state index is 12.3. The predicted molar refractivity (Wildman–Crippen MR) is 100 cm³/mol. The van der Waals surface area contributed by atoms with Crippen LogP contribution in [0.15, 0.2) is 18.2 Å². The van der Waals surface area contributed by atoms with Crippen LogP contribution in [-0.2, 0) is 11.3 Å². The molecule has 0 radical (unpaired) electrons. The van der Waals surface area contributed by atoms with Crippen molar-refractivity contribution in [1.82, 2.24) is 5.32 Å². The van der Waals surface area contributed by atoms with Crippen LogP contribution in [0.1, 0.15) is 56.9 Å². The number of hydrogen-bond acceptors (Lipinski definition) is 4. The number of halogens is 1. The third-order valence-electron chi connectivity index (χ3n) is 5.22. The van der Waals surface area contributed by atoms with E-state index in [9.17, 15) is 4.79 Å². The maximum Gasteiger partial charge on any atom is 0.240 e. The Kier molecular flexibility index (Phi) is 6.96. The minimum Gasteiger partial charge on any atom is -0.493 e. The molecule has 6 heteroatoms. The molecule has 0 heterocycles. The number of nitrogens with one attached hydrogen (secondary N) is 1. The van der Waals surface area contributed by atoms with Crippen LogP contribution in [0.3, 0.4) is 0 Å². The molecular formula is C19H29ClN2O3. The molecule has 3 rings (SSSR count). The van der Waals surface area contributed by atoms with Crippen molar-refractivity contribution in [3.05, 3.63) is 23.8 Å². The van der Waals surface area contributed by atoms with E-state index >= 15 is 0 Å². The van der Waals surface area contributed by atoms with E-state index in [0.717, 1.165) is 55.6 Å². The van der Waals surface area contributed by atoms with Gasteiger partial charge in [0.2, 0.25) is 5.91 Å². The second-order valence-electron chi connectivity index (χ2n) is 7.06. The summed E-state index contributed by atoms with van der Waals surface area (Å²) < 4.78 is 11.5. The van der Waals surface area contributed by atoms with Gasteiger partial charge in [-0.2, -0.15) is 0 Å². The number of rotatable bonds is 6. The van der Waals surface area contributed by atoms with Crippen LogP contribution in [0.25, 0.3) is 0 Å². The highest BCUT2D eigenvalue weighted by Crippen LogP contribution is 2.32. The molecule has 2 saturated carbocycles. The van der Waals surface area contributed by atoms with Crippen molar-refractivity contribution >= 4 is 18.3 Å². The van der Waals surface area contributed by atoms with Gasteiger partial charge in [-0.05, 0) is 56.2 Å². The molecule has 2 aliphatic rings. The number of nitrogens with two attached hydrogens (primary N) is 1. The fourth-order valence-corrected chi connectivity index (χ4v) is 3.70. The standard InChI is InChI=1S/C19H28N2O3.ClH/c1-23-16-9-8-14(12-17(16)24-15-6-2-3-7-15)13-21-18(22)19(20)10-4-5-11-19;/h8-9,12,15H,2-7,10-11,13,20H2,1H3,(H,21,22);1H. The molecule has 0 aliphatic heterocycles. The molecule has 0 aromatic heterocycles. The van der Waals surface area contributed by atoms with Crippen LogP contribution >= 0.6 is 12.4 Å². The zero-order valence-electron chi connectivity index (χ0n) is 14.9. The SMILES string of the molecule is COc1ccc(CNC(=O)C2(N)CCCC2)cc1OC1CCCC1.Cl. The highest BCUT2D eigenvalue weighted by atomic mass is 35.5. The van der Waals surface area contributed by atoms with Gasteiger partial charge in [0.25, 0.3) is 0 Å². The summed E-state index contributed by atoms with van der Waals surface area (Å²) in [5.74, 6) is 1.46. The van der Waals surface area contributed by atoms with Gasteiger partial charge in [0.15, 0.2) is 11.5 Å². The van der Waals surface area contributed by atoms with E-state index in [0.29, 0.717) is 6.54 Å². The molecule has 2 aliphatic carbocycles. The topological polar surface area (TPSA) is 73.6 Å². The first kappa shape index (κ1) is 19.9. The predicted octanol–water partition coefficient (Wildman–Crippen LogP) is 3.33. The molecule has 0 unspecified atom stereocenters. The molecule has 1 amide bonds. The largest absolute Gasteiger partial charge is 0.493 e. The molecule has 0 atom stereocenters. The third kappa shape index (κ3) is 4.79. The first-order valence-corrected chi connectivity index (χ1v) is 9.01. The zero-order chi connectivity index (χ0) is 17.0. The minimum atomic E-state index is -0.685. The van der Waals surface area contributed by atoms with E-state index in [4.69, 9.17) is 15.2 Å². The van der Waals surface area contributed by atoms with Crippen molar-refractivity contribution in [2.24, 2.45) is 5.73 Å². The van der Waals surface area contributed by atoms with Crippen LogP contribution in [0.4, 0.5) is 0 Å². The monoisotopic (exact) mass is 368 g/mol. The Labute approximate surface area is 156 Å². The summed E-state index contributed by atoms with van der Waals surface area (Å²) in [7, 11) is 1.65. The van der Waals surface area contributed by atoms with Gasteiger partial charge < -0.3 is 20.5 Å². The molecule has 140 valence electrons. The molecule has 25 heavy (non-hydrogen) atoms. The van der Waals surface area contributed by atoms with Crippen molar-refractivity contribution in [1.29, 1.82) is 0 Å². The minimum absolute atomic E-state index is 0. The van der Waals surface area contributed by atoms with E-state index in [1.165, 1.54) is 12.8 Å². The fraction of sp³-hybridized carbons (Fsp3) is 0.632. The molecule has 1 aromatic carbocycles. The fourth-order valence-electron chi connectivity index (χ4n) is 3.70. The second-order valence-corrected chi connectivity index (χ2v) is 7.06. The highest BCUT2D eigenvalue weighted by molar-refractivity contribution is 5.86. The van der Waals surface area contributed by atoms with Gasteiger partial charge in [-0.15, -0.1) is 12.4 Å². The summed E-state index contributed by atoms with van der Waals surface area (Å²) in [5, 5.41) is 2.98. The summed E-state index contributed by atoms with van der Waals surface area (Å²) in [5.41, 5.74) is 6.51. The van der Waals surface area contributed by atoms with E-state index in [1.807, 2.05) is 18.2 Å². The van der Waals surface area contributed by atoms with Crippen LogP contribution in [-0.4, -0.2) is 24.7 Å². The number of benzene rings is 1. The zero-order valence-corrected chi connectivity index (χ0v) is 15.7. The Morgan fingerprint density at radius 3 is 2.52 bits per heavy atom. The van der Waals surface area contributed by atoms with Crippen LogP contribution in [0.5, 0.6) is 11.5 Å².